The monoisotopic (exact) mass is 407 g/mol. The second-order valence-electron chi connectivity index (χ2n) is 6.62. The second-order valence-corrected chi connectivity index (χ2v) is 7.40. The van der Waals surface area contributed by atoms with Gasteiger partial charge < -0.3 is 15.5 Å². The van der Waals surface area contributed by atoms with Crippen LogP contribution >= 0.6 is 36.2 Å². The number of oxazole rings is 1. The van der Waals surface area contributed by atoms with Crippen LogP contribution in [0.15, 0.2) is 21.2 Å². The third kappa shape index (κ3) is 6.62. The van der Waals surface area contributed by atoms with Gasteiger partial charge in [0.2, 0.25) is 11.8 Å². The second kappa shape index (κ2) is 10.2. The summed E-state index contributed by atoms with van der Waals surface area (Å²) in [4.78, 5) is 16.8. The Hall–Kier alpha value is -1.08. The molecule has 25 heavy (non-hydrogen) atoms. The zero-order valence-electron chi connectivity index (χ0n) is 15.0. The molecule has 2 heterocycles. The van der Waals surface area contributed by atoms with E-state index in [2.05, 4.69) is 24.1 Å². The molecule has 0 saturated carbocycles. The van der Waals surface area contributed by atoms with E-state index in [0.717, 1.165) is 12.0 Å². The molecule has 8 heteroatoms. The molecule has 0 bridgehead atoms. The van der Waals surface area contributed by atoms with Gasteiger partial charge >= 0.3 is 0 Å². The van der Waals surface area contributed by atoms with E-state index in [1.54, 1.807) is 11.3 Å². The van der Waals surface area contributed by atoms with Crippen molar-refractivity contribution < 1.29 is 9.21 Å². The average Bonchev–Trinajstić information content (AvgIpc) is 3.08. The van der Waals surface area contributed by atoms with Crippen molar-refractivity contribution in [3.63, 3.8) is 0 Å². The summed E-state index contributed by atoms with van der Waals surface area (Å²) >= 11 is 1.59. The van der Waals surface area contributed by atoms with Gasteiger partial charge in [0.1, 0.15) is 5.76 Å². The van der Waals surface area contributed by atoms with Crippen molar-refractivity contribution in [3.8, 4) is 11.5 Å². The Bertz CT molecular complexity index is 659. The van der Waals surface area contributed by atoms with Crippen molar-refractivity contribution in [3.05, 3.63) is 28.3 Å². The number of nitrogens with zero attached hydrogens (tertiary/aromatic N) is 1. The van der Waals surface area contributed by atoms with E-state index in [1.165, 1.54) is 0 Å². The summed E-state index contributed by atoms with van der Waals surface area (Å²) in [5.74, 6) is 1.63. The van der Waals surface area contributed by atoms with Gasteiger partial charge in [-0.2, -0.15) is 11.3 Å². The van der Waals surface area contributed by atoms with E-state index in [-0.39, 0.29) is 42.7 Å². The minimum absolute atomic E-state index is 0. The largest absolute Gasteiger partial charge is 0.441 e. The van der Waals surface area contributed by atoms with Crippen LogP contribution in [0.2, 0.25) is 0 Å². The van der Waals surface area contributed by atoms with Crippen molar-refractivity contribution in [2.45, 2.75) is 46.1 Å². The minimum atomic E-state index is -0.390. The first-order chi connectivity index (χ1) is 10.8. The number of hydrogen-bond acceptors (Lipinski definition) is 5. The van der Waals surface area contributed by atoms with Crippen LogP contribution in [0, 0.1) is 12.8 Å². The fraction of sp³-hybridized carbons (Fsp3) is 0.529. The van der Waals surface area contributed by atoms with E-state index in [1.807, 2.05) is 30.7 Å². The Kier molecular flexibility index (Phi) is 9.72. The molecule has 2 aromatic heterocycles. The number of halogens is 2. The molecule has 3 N–H and O–H groups in total. The molecule has 0 spiro atoms. The van der Waals surface area contributed by atoms with E-state index < -0.39 is 0 Å². The lowest BCUT2D eigenvalue weighted by molar-refractivity contribution is -0.122. The maximum Gasteiger partial charge on any atom is 0.227 e. The van der Waals surface area contributed by atoms with Crippen LogP contribution in [0.5, 0.6) is 0 Å². The predicted molar refractivity (Wildman–Crippen MR) is 108 cm³/mol. The zero-order chi connectivity index (χ0) is 17.0. The highest BCUT2D eigenvalue weighted by Gasteiger charge is 2.26. The first-order valence-electron chi connectivity index (χ1n) is 7.83. The van der Waals surface area contributed by atoms with E-state index in [9.17, 15) is 4.79 Å². The Morgan fingerprint density at radius 3 is 2.64 bits per heavy atom. The summed E-state index contributed by atoms with van der Waals surface area (Å²) in [7, 11) is 0. The number of carbonyl (C=O) groups is 1. The number of rotatable bonds is 7. The molecule has 0 aliphatic heterocycles. The number of aromatic nitrogens is 1. The highest BCUT2D eigenvalue weighted by atomic mass is 35.5. The number of carbonyl (C=O) groups excluding carboxylic acids is 1. The zero-order valence-corrected chi connectivity index (χ0v) is 17.4. The highest BCUT2D eigenvalue weighted by molar-refractivity contribution is 7.08. The molecule has 1 unspecified atom stereocenters. The van der Waals surface area contributed by atoms with Gasteiger partial charge in [-0.3, -0.25) is 4.79 Å². The SMILES string of the molecule is Cc1oc(-c2ccsc2)nc1CC(=O)NC(C)(CN)CC(C)C.Cl.Cl. The number of nitrogens with one attached hydrogen (secondary N) is 1. The molecule has 1 amide bonds. The van der Waals surface area contributed by atoms with Crippen molar-refractivity contribution in [2.75, 3.05) is 6.54 Å². The van der Waals surface area contributed by atoms with Crippen LogP contribution in [0.1, 0.15) is 38.6 Å². The molecule has 2 rings (SSSR count). The van der Waals surface area contributed by atoms with E-state index >= 15 is 0 Å². The normalized spacial score (nSPS) is 12.9. The van der Waals surface area contributed by atoms with Gasteiger partial charge in [0.05, 0.1) is 12.1 Å². The highest BCUT2D eigenvalue weighted by Crippen LogP contribution is 2.24. The van der Waals surface area contributed by atoms with Crippen molar-refractivity contribution >= 4 is 42.1 Å². The van der Waals surface area contributed by atoms with Crippen LogP contribution < -0.4 is 11.1 Å². The van der Waals surface area contributed by atoms with Crippen molar-refractivity contribution in [1.82, 2.24) is 10.3 Å². The number of nitrogens with two attached hydrogens (primary N) is 1. The topological polar surface area (TPSA) is 81.2 Å². The quantitative estimate of drug-likeness (QED) is 0.726. The number of aryl methyl sites for hydroxylation is 1. The number of thiophene rings is 1. The van der Waals surface area contributed by atoms with Gasteiger partial charge in [-0.05, 0) is 37.6 Å². The molecule has 1 atom stereocenters. The third-order valence-corrected chi connectivity index (χ3v) is 4.42. The lowest BCUT2D eigenvalue weighted by Crippen LogP contribution is -2.52. The van der Waals surface area contributed by atoms with Crippen LogP contribution in [0.25, 0.3) is 11.5 Å². The molecule has 0 saturated heterocycles. The van der Waals surface area contributed by atoms with Gasteiger partial charge in [0.25, 0.3) is 0 Å². The summed E-state index contributed by atoms with van der Waals surface area (Å²) in [6, 6.07) is 1.95. The van der Waals surface area contributed by atoms with E-state index in [0.29, 0.717) is 29.8 Å². The predicted octanol–water partition coefficient (Wildman–Crippen LogP) is 3.98. The van der Waals surface area contributed by atoms with Crippen molar-refractivity contribution in [2.24, 2.45) is 11.7 Å². The molecule has 2 aromatic rings. The lowest BCUT2D eigenvalue weighted by atomic mass is 9.90. The van der Waals surface area contributed by atoms with Gasteiger partial charge in [-0.15, -0.1) is 24.8 Å². The lowest BCUT2D eigenvalue weighted by Gasteiger charge is -2.31. The molecular formula is C17H27Cl2N3O2S. The Balaban J connectivity index is 0.00000288. The number of amides is 1. The smallest absolute Gasteiger partial charge is 0.227 e. The maximum atomic E-state index is 12.4. The van der Waals surface area contributed by atoms with Gasteiger partial charge in [0.15, 0.2) is 0 Å². The van der Waals surface area contributed by atoms with Gasteiger partial charge in [0, 0.05) is 23.0 Å². The number of hydrogen-bond donors (Lipinski definition) is 2. The van der Waals surface area contributed by atoms with Crippen molar-refractivity contribution in [1.29, 1.82) is 0 Å². The van der Waals surface area contributed by atoms with Gasteiger partial charge in [-0.1, -0.05) is 13.8 Å². The van der Waals surface area contributed by atoms with Gasteiger partial charge in [-0.25, -0.2) is 4.98 Å². The average molecular weight is 408 g/mol. The molecule has 5 nitrogen and oxygen atoms in total. The Labute approximate surface area is 165 Å². The van der Waals surface area contributed by atoms with E-state index in [4.69, 9.17) is 10.2 Å². The summed E-state index contributed by atoms with van der Waals surface area (Å²) in [6.07, 6.45) is 1.04. The Morgan fingerprint density at radius 1 is 1.44 bits per heavy atom. The standard InChI is InChI=1S/C17H25N3O2S.2ClH/c1-11(2)8-17(4,10-18)20-15(21)7-14-12(3)22-16(19-14)13-5-6-23-9-13;;/h5-6,9,11H,7-8,10,18H2,1-4H3,(H,20,21);2*1H. The molecule has 0 aliphatic rings. The minimum Gasteiger partial charge on any atom is -0.441 e. The van der Waals surface area contributed by atoms with Crippen LogP contribution in [0.4, 0.5) is 0 Å². The Morgan fingerprint density at radius 2 is 2.12 bits per heavy atom. The third-order valence-electron chi connectivity index (χ3n) is 3.74. The summed E-state index contributed by atoms with van der Waals surface area (Å²) < 4.78 is 5.67. The molecule has 0 radical (unpaired) electrons. The molecule has 142 valence electrons. The first-order valence-corrected chi connectivity index (χ1v) is 8.77. The van der Waals surface area contributed by atoms with Crippen LogP contribution in [0.3, 0.4) is 0 Å². The summed E-state index contributed by atoms with van der Waals surface area (Å²) in [5.41, 5.74) is 7.07. The molecule has 0 aliphatic carbocycles. The summed E-state index contributed by atoms with van der Waals surface area (Å²) in [5, 5.41) is 7.00. The fourth-order valence-corrected chi connectivity index (χ4v) is 3.35. The fourth-order valence-electron chi connectivity index (χ4n) is 2.72. The molecule has 0 fully saturated rings. The van der Waals surface area contributed by atoms with Crippen LogP contribution in [-0.4, -0.2) is 23.0 Å². The molecular weight excluding hydrogens is 381 g/mol. The maximum absolute atomic E-state index is 12.4. The molecule has 0 aromatic carbocycles. The van der Waals surface area contributed by atoms with Crippen LogP contribution in [-0.2, 0) is 11.2 Å². The first kappa shape index (κ1) is 23.9. The summed E-state index contributed by atoms with van der Waals surface area (Å²) in [6.45, 7) is 8.47.